The molecule has 5 rings (SSSR count). The Bertz CT molecular complexity index is 1530. The lowest BCUT2D eigenvalue weighted by Crippen LogP contribution is -2.45. The van der Waals surface area contributed by atoms with Crippen LogP contribution in [0.1, 0.15) is 48.0 Å². The standard InChI is InChI=1S/C31H35Cl2N5O4/c1-41-13-5-12-38-26-8-3-2-7-25(26)36-30(38)20-6-4-11-37(19-20)29(39)17-24(34)18-35-31(40)28-10-9-27(42-28)21-14-22(32)16-23(33)15-21/h2-3,7-10,14-16,20,24H,4-6,11-13,17-19,34H2,1H3,(H,35,40). The molecule has 0 radical (unpaired) electrons. The molecule has 9 nitrogen and oxygen atoms in total. The summed E-state index contributed by atoms with van der Waals surface area (Å²) in [5.74, 6) is 1.31. The summed E-state index contributed by atoms with van der Waals surface area (Å²) >= 11 is 12.2. The van der Waals surface area contributed by atoms with E-state index in [1.165, 1.54) is 0 Å². The van der Waals surface area contributed by atoms with Crippen molar-refractivity contribution in [3.63, 3.8) is 0 Å². The summed E-state index contributed by atoms with van der Waals surface area (Å²) in [6.07, 6.45) is 2.87. The van der Waals surface area contributed by atoms with Crippen LogP contribution in [-0.2, 0) is 16.1 Å². The average molecular weight is 613 g/mol. The Hall–Kier alpha value is -3.37. The number of para-hydroxylation sites is 2. The number of hydrogen-bond acceptors (Lipinski definition) is 6. The van der Waals surface area contributed by atoms with Crippen molar-refractivity contribution in [1.29, 1.82) is 0 Å². The summed E-state index contributed by atoms with van der Waals surface area (Å²) in [5, 5.41) is 3.71. The largest absolute Gasteiger partial charge is 0.451 e. The van der Waals surface area contributed by atoms with Gasteiger partial charge in [0.25, 0.3) is 5.91 Å². The molecule has 42 heavy (non-hydrogen) atoms. The Labute approximate surface area is 254 Å². The fourth-order valence-corrected chi connectivity index (χ4v) is 6.00. The van der Waals surface area contributed by atoms with Crippen molar-refractivity contribution in [3.8, 4) is 11.3 Å². The molecule has 1 aliphatic rings. The first kappa shape index (κ1) is 30.1. The molecule has 1 aliphatic heterocycles. The molecular weight excluding hydrogens is 577 g/mol. The van der Waals surface area contributed by atoms with Crippen molar-refractivity contribution >= 4 is 46.0 Å². The lowest BCUT2D eigenvalue weighted by molar-refractivity contribution is -0.132. The third-order valence-electron chi connectivity index (χ3n) is 7.49. The van der Waals surface area contributed by atoms with Gasteiger partial charge in [-0.2, -0.15) is 0 Å². The molecule has 2 amide bonds. The van der Waals surface area contributed by atoms with Gasteiger partial charge in [0.1, 0.15) is 11.6 Å². The second-order valence-electron chi connectivity index (χ2n) is 10.6. The van der Waals surface area contributed by atoms with Crippen LogP contribution in [0.3, 0.4) is 0 Å². The van der Waals surface area contributed by atoms with Crippen LogP contribution >= 0.6 is 23.2 Å². The summed E-state index contributed by atoms with van der Waals surface area (Å²) in [6, 6.07) is 15.9. The predicted octanol–water partition coefficient (Wildman–Crippen LogP) is 5.49. The number of nitrogens with two attached hydrogens (primary N) is 1. The van der Waals surface area contributed by atoms with Gasteiger partial charge >= 0.3 is 0 Å². The van der Waals surface area contributed by atoms with E-state index in [9.17, 15) is 9.59 Å². The first-order valence-corrected chi connectivity index (χ1v) is 14.9. The Kier molecular flexibility index (Phi) is 9.84. The zero-order valence-corrected chi connectivity index (χ0v) is 25.0. The third-order valence-corrected chi connectivity index (χ3v) is 7.93. The maximum atomic E-state index is 13.2. The number of benzene rings is 2. The van der Waals surface area contributed by atoms with E-state index in [2.05, 4.69) is 16.0 Å². The van der Waals surface area contributed by atoms with E-state index in [4.69, 9.17) is 43.1 Å². The maximum absolute atomic E-state index is 13.2. The molecule has 2 aromatic heterocycles. The molecule has 0 bridgehead atoms. The zero-order chi connectivity index (χ0) is 29.6. The number of likely N-dealkylation sites (tertiary alicyclic amines) is 1. The van der Waals surface area contributed by atoms with Crippen LogP contribution in [0.25, 0.3) is 22.4 Å². The van der Waals surface area contributed by atoms with Crippen LogP contribution in [0.2, 0.25) is 10.0 Å². The molecule has 222 valence electrons. The highest BCUT2D eigenvalue weighted by molar-refractivity contribution is 6.35. The van der Waals surface area contributed by atoms with Crippen LogP contribution < -0.4 is 11.1 Å². The van der Waals surface area contributed by atoms with Gasteiger partial charge in [-0.15, -0.1) is 0 Å². The Morgan fingerprint density at radius 2 is 1.95 bits per heavy atom. The van der Waals surface area contributed by atoms with E-state index >= 15 is 0 Å². The number of rotatable bonds is 11. The van der Waals surface area contributed by atoms with Crippen molar-refractivity contribution in [2.75, 3.05) is 33.4 Å². The Balaban J connectivity index is 1.16. The number of aryl methyl sites for hydroxylation is 1. The molecule has 0 saturated carbocycles. The molecule has 1 saturated heterocycles. The minimum absolute atomic E-state index is 0.0263. The van der Waals surface area contributed by atoms with E-state index in [0.717, 1.165) is 42.7 Å². The molecule has 2 atom stereocenters. The molecule has 3 N–H and O–H groups in total. The van der Waals surface area contributed by atoms with Gasteiger partial charge < -0.3 is 29.7 Å². The number of fused-ring (bicyclic) bond motifs is 1. The number of methoxy groups -OCH3 is 1. The number of ether oxygens (including phenoxy) is 1. The fourth-order valence-electron chi connectivity index (χ4n) is 5.47. The zero-order valence-electron chi connectivity index (χ0n) is 23.5. The maximum Gasteiger partial charge on any atom is 0.287 e. The van der Waals surface area contributed by atoms with Gasteiger partial charge in [-0.3, -0.25) is 9.59 Å². The van der Waals surface area contributed by atoms with Crippen LogP contribution in [0.15, 0.2) is 59.0 Å². The minimum atomic E-state index is -0.540. The Morgan fingerprint density at radius 3 is 2.74 bits per heavy atom. The van der Waals surface area contributed by atoms with Crippen LogP contribution in [0.4, 0.5) is 0 Å². The highest BCUT2D eigenvalue weighted by Crippen LogP contribution is 2.31. The SMILES string of the molecule is COCCCn1c(C2CCCN(C(=O)CC(N)CNC(=O)c3ccc(-c4cc(Cl)cc(Cl)c4)o3)C2)nc2ccccc21. The van der Waals surface area contributed by atoms with Crippen LogP contribution in [-0.4, -0.2) is 65.7 Å². The number of furan rings is 1. The molecule has 0 spiro atoms. The number of hydrogen-bond donors (Lipinski definition) is 2. The second-order valence-corrected chi connectivity index (χ2v) is 11.5. The van der Waals surface area contributed by atoms with Gasteiger partial charge in [-0.1, -0.05) is 35.3 Å². The number of carbonyl (C=O) groups is 2. The van der Waals surface area contributed by atoms with Crippen LogP contribution in [0, 0.1) is 0 Å². The lowest BCUT2D eigenvalue weighted by atomic mass is 9.96. The number of amides is 2. The molecule has 0 aliphatic carbocycles. The fraction of sp³-hybridized carbons (Fsp3) is 0.387. The first-order valence-electron chi connectivity index (χ1n) is 14.1. The highest BCUT2D eigenvalue weighted by atomic mass is 35.5. The number of nitrogens with one attached hydrogen (secondary N) is 1. The molecular formula is C31H35Cl2N5O4. The van der Waals surface area contributed by atoms with Gasteiger partial charge in [0.2, 0.25) is 5.91 Å². The summed E-state index contributed by atoms with van der Waals surface area (Å²) < 4.78 is 13.3. The first-order chi connectivity index (χ1) is 20.3. The Morgan fingerprint density at radius 1 is 1.17 bits per heavy atom. The topological polar surface area (TPSA) is 116 Å². The van der Waals surface area contributed by atoms with Crippen molar-refractivity contribution in [2.24, 2.45) is 5.73 Å². The number of piperidine rings is 1. The van der Waals surface area contributed by atoms with Gasteiger partial charge in [0, 0.05) is 73.9 Å². The van der Waals surface area contributed by atoms with E-state index < -0.39 is 11.9 Å². The van der Waals surface area contributed by atoms with E-state index in [0.29, 0.717) is 41.1 Å². The van der Waals surface area contributed by atoms with Gasteiger partial charge in [-0.05, 0) is 61.7 Å². The van der Waals surface area contributed by atoms with Gasteiger partial charge in [-0.25, -0.2) is 4.98 Å². The van der Waals surface area contributed by atoms with Gasteiger partial charge in [0.15, 0.2) is 5.76 Å². The second kappa shape index (κ2) is 13.7. The smallest absolute Gasteiger partial charge is 0.287 e. The molecule has 11 heteroatoms. The quantitative estimate of drug-likeness (QED) is 0.217. The van der Waals surface area contributed by atoms with E-state index in [1.807, 2.05) is 23.1 Å². The summed E-state index contributed by atoms with van der Waals surface area (Å²) in [7, 11) is 1.71. The number of carbonyl (C=O) groups excluding carboxylic acids is 2. The third kappa shape index (κ3) is 7.15. The van der Waals surface area contributed by atoms with Crippen molar-refractivity contribution in [1.82, 2.24) is 19.8 Å². The van der Waals surface area contributed by atoms with Crippen molar-refractivity contribution in [3.05, 3.63) is 76.2 Å². The minimum Gasteiger partial charge on any atom is -0.451 e. The average Bonchev–Trinajstić information content (AvgIpc) is 3.62. The molecule has 3 heterocycles. The number of nitrogens with zero attached hydrogens (tertiary/aromatic N) is 3. The summed E-state index contributed by atoms with van der Waals surface area (Å²) in [5.41, 5.74) is 9.01. The summed E-state index contributed by atoms with van der Waals surface area (Å²) in [4.78, 5) is 32.8. The summed E-state index contributed by atoms with van der Waals surface area (Å²) in [6.45, 7) is 2.89. The molecule has 2 unspecified atom stereocenters. The van der Waals surface area contributed by atoms with Gasteiger partial charge in [0.05, 0.1) is 11.0 Å². The van der Waals surface area contributed by atoms with E-state index in [1.54, 1.807) is 37.4 Å². The normalized spacial score (nSPS) is 16.1. The number of halogens is 2. The highest BCUT2D eigenvalue weighted by Gasteiger charge is 2.29. The molecule has 4 aromatic rings. The van der Waals surface area contributed by atoms with Crippen LogP contribution in [0.5, 0.6) is 0 Å². The van der Waals surface area contributed by atoms with Crippen molar-refractivity contribution < 1.29 is 18.7 Å². The molecule has 2 aromatic carbocycles. The van der Waals surface area contributed by atoms with E-state index in [-0.39, 0.29) is 30.6 Å². The number of aromatic nitrogens is 2. The monoisotopic (exact) mass is 611 g/mol. The lowest BCUT2D eigenvalue weighted by Gasteiger charge is -2.33. The number of imidazole rings is 1. The molecule has 1 fully saturated rings. The predicted molar refractivity (Wildman–Crippen MR) is 164 cm³/mol. The van der Waals surface area contributed by atoms with Crippen molar-refractivity contribution in [2.45, 2.75) is 44.2 Å².